The molecule has 0 aliphatic carbocycles. The van der Waals surface area contributed by atoms with Crippen LogP contribution in [0.4, 0.5) is 5.69 Å². The van der Waals surface area contributed by atoms with Crippen LogP contribution in [0.3, 0.4) is 0 Å². The molecule has 5 heteroatoms. The van der Waals surface area contributed by atoms with Gasteiger partial charge in [0.1, 0.15) is 5.75 Å². The number of ether oxygens (including phenoxy) is 2. The lowest BCUT2D eigenvalue weighted by Gasteiger charge is -2.27. The summed E-state index contributed by atoms with van der Waals surface area (Å²) in [6.45, 7) is 5.17. The molecule has 0 bridgehead atoms. The zero-order valence-corrected chi connectivity index (χ0v) is 16.2. The van der Waals surface area contributed by atoms with E-state index in [4.69, 9.17) is 9.47 Å². The number of carbonyl (C=O) groups is 1. The third-order valence-electron chi connectivity index (χ3n) is 4.89. The fourth-order valence-electron chi connectivity index (χ4n) is 3.41. The molecular formula is C21H33NO4. The van der Waals surface area contributed by atoms with E-state index in [-0.39, 0.29) is 18.1 Å². The minimum Gasteiger partial charge on any atom is -0.508 e. The second-order valence-corrected chi connectivity index (χ2v) is 7.20. The van der Waals surface area contributed by atoms with Gasteiger partial charge in [0.15, 0.2) is 5.79 Å². The predicted octanol–water partition coefficient (Wildman–Crippen LogP) is 4.91. The number of aryl methyl sites for hydroxylation is 1. The van der Waals surface area contributed by atoms with Crippen molar-refractivity contribution in [1.82, 2.24) is 0 Å². The summed E-state index contributed by atoms with van der Waals surface area (Å²) >= 11 is 0. The van der Waals surface area contributed by atoms with Crippen LogP contribution >= 0.6 is 0 Å². The molecule has 0 saturated carbocycles. The number of aromatic hydroxyl groups is 1. The van der Waals surface area contributed by atoms with E-state index < -0.39 is 5.79 Å². The summed E-state index contributed by atoms with van der Waals surface area (Å²) in [5.41, 5.74) is 1.53. The molecule has 1 aliphatic heterocycles. The third kappa shape index (κ3) is 6.61. The summed E-state index contributed by atoms with van der Waals surface area (Å²) in [7, 11) is 0. The van der Waals surface area contributed by atoms with Crippen molar-refractivity contribution in [3.05, 3.63) is 23.8 Å². The van der Waals surface area contributed by atoms with E-state index in [0.29, 0.717) is 18.9 Å². The van der Waals surface area contributed by atoms with Crippen LogP contribution < -0.4 is 5.32 Å². The Morgan fingerprint density at radius 2 is 1.77 bits per heavy atom. The highest BCUT2D eigenvalue weighted by Crippen LogP contribution is 2.31. The van der Waals surface area contributed by atoms with Gasteiger partial charge in [-0.15, -0.1) is 0 Å². The maximum absolute atomic E-state index is 12.5. The Bertz CT molecular complexity index is 567. The molecule has 0 aromatic heterocycles. The fraction of sp³-hybridized carbons (Fsp3) is 0.667. The van der Waals surface area contributed by atoms with Gasteiger partial charge in [-0.3, -0.25) is 4.79 Å². The quantitative estimate of drug-likeness (QED) is 0.433. The van der Waals surface area contributed by atoms with Crippen molar-refractivity contribution in [1.29, 1.82) is 0 Å². The van der Waals surface area contributed by atoms with Gasteiger partial charge in [0, 0.05) is 12.1 Å². The summed E-state index contributed by atoms with van der Waals surface area (Å²) < 4.78 is 11.6. The van der Waals surface area contributed by atoms with Crippen LogP contribution in [0.2, 0.25) is 0 Å². The summed E-state index contributed by atoms with van der Waals surface area (Å²) in [5.74, 6) is -0.708. The van der Waals surface area contributed by atoms with E-state index in [1.54, 1.807) is 18.2 Å². The van der Waals surface area contributed by atoms with E-state index in [0.717, 1.165) is 24.8 Å². The third-order valence-corrected chi connectivity index (χ3v) is 4.89. The summed E-state index contributed by atoms with van der Waals surface area (Å²) in [6, 6.07) is 4.91. The topological polar surface area (TPSA) is 67.8 Å². The first kappa shape index (κ1) is 20.7. The molecule has 1 saturated heterocycles. The van der Waals surface area contributed by atoms with Crippen LogP contribution in [0.1, 0.15) is 70.3 Å². The second kappa shape index (κ2) is 10.5. The van der Waals surface area contributed by atoms with Crippen LogP contribution in [0.25, 0.3) is 0 Å². The van der Waals surface area contributed by atoms with Gasteiger partial charge in [-0.2, -0.15) is 0 Å². The Hall–Kier alpha value is -1.59. The van der Waals surface area contributed by atoms with E-state index in [9.17, 15) is 9.90 Å². The van der Waals surface area contributed by atoms with Crippen LogP contribution in [-0.2, 0) is 14.3 Å². The van der Waals surface area contributed by atoms with Gasteiger partial charge in [-0.25, -0.2) is 0 Å². The average molecular weight is 363 g/mol. The summed E-state index contributed by atoms with van der Waals surface area (Å²) in [4.78, 5) is 12.5. The summed E-state index contributed by atoms with van der Waals surface area (Å²) in [6.07, 6.45) is 9.51. The van der Waals surface area contributed by atoms with Gasteiger partial charge < -0.3 is 19.9 Å². The second-order valence-electron chi connectivity index (χ2n) is 7.20. The highest BCUT2D eigenvalue weighted by molar-refractivity contribution is 5.92. The minimum absolute atomic E-state index is 0.122. The predicted molar refractivity (Wildman–Crippen MR) is 103 cm³/mol. The van der Waals surface area contributed by atoms with E-state index >= 15 is 0 Å². The molecule has 0 radical (unpaired) electrons. The molecule has 1 aromatic carbocycles. The fourth-order valence-corrected chi connectivity index (χ4v) is 3.41. The molecule has 1 aliphatic rings. The van der Waals surface area contributed by atoms with Crippen molar-refractivity contribution in [3.8, 4) is 5.75 Å². The standard InChI is InChI=1S/C21H33NO4/c1-3-4-5-6-7-8-9-12-21(25-13-14-26-21)16-20(24)22-19-11-10-18(23)15-17(19)2/h10-11,15,23H,3-9,12-14,16H2,1-2H3,(H,22,24). The van der Waals surface area contributed by atoms with Crippen molar-refractivity contribution in [2.24, 2.45) is 0 Å². The van der Waals surface area contributed by atoms with Gasteiger partial charge in [0.05, 0.1) is 19.6 Å². The first-order valence-electron chi connectivity index (χ1n) is 9.92. The number of phenols is 1. The van der Waals surface area contributed by atoms with E-state index in [1.807, 2.05) is 6.92 Å². The van der Waals surface area contributed by atoms with Gasteiger partial charge in [0.25, 0.3) is 0 Å². The zero-order valence-electron chi connectivity index (χ0n) is 16.2. The molecule has 0 unspecified atom stereocenters. The van der Waals surface area contributed by atoms with Crippen molar-refractivity contribution in [3.63, 3.8) is 0 Å². The molecule has 2 rings (SSSR count). The molecule has 0 atom stereocenters. The first-order valence-corrected chi connectivity index (χ1v) is 9.92. The molecule has 1 heterocycles. The molecule has 0 spiro atoms. The number of carbonyl (C=O) groups excluding carboxylic acids is 1. The Morgan fingerprint density at radius 3 is 2.42 bits per heavy atom. The van der Waals surface area contributed by atoms with Crippen LogP contribution in [0.5, 0.6) is 5.75 Å². The lowest BCUT2D eigenvalue weighted by atomic mass is 10.0. The molecule has 5 nitrogen and oxygen atoms in total. The zero-order chi connectivity index (χ0) is 18.8. The number of benzene rings is 1. The van der Waals surface area contributed by atoms with Gasteiger partial charge in [0.2, 0.25) is 5.91 Å². The molecular weight excluding hydrogens is 330 g/mol. The molecule has 1 amide bonds. The molecule has 2 N–H and O–H groups in total. The van der Waals surface area contributed by atoms with Crippen molar-refractivity contribution in [2.75, 3.05) is 18.5 Å². The largest absolute Gasteiger partial charge is 0.508 e. The number of unbranched alkanes of at least 4 members (excludes halogenated alkanes) is 6. The first-order chi connectivity index (χ1) is 12.5. The normalized spacial score (nSPS) is 15.9. The van der Waals surface area contributed by atoms with Crippen molar-refractivity contribution in [2.45, 2.75) is 77.4 Å². The maximum atomic E-state index is 12.5. The summed E-state index contributed by atoms with van der Waals surface area (Å²) in [5, 5.41) is 12.4. The molecule has 26 heavy (non-hydrogen) atoms. The molecule has 1 aromatic rings. The minimum atomic E-state index is -0.779. The van der Waals surface area contributed by atoms with Crippen molar-refractivity contribution < 1.29 is 19.4 Å². The number of hydrogen-bond donors (Lipinski definition) is 2. The van der Waals surface area contributed by atoms with Gasteiger partial charge >= 0.3 is 0 Å². The highest BCUT2D eigenvalue weighted by atomic mass is 16.7. The number of hydrogen-bond acceptors (Lipinski definition) is 4. The number of rotatable bonds is 11. The van der Waals surface area contributed by atoms with E-state index in [1.165, 1.54) is 32.1 Å². The maximum Gasteiger partial charge on any atom is 0.229 e. The number of phenolic OH excluding ortho intramolecular Hbond substituents is 1. The van der Waals surface area contributed by atoms with Gasteiger partial charge in [-0.1, -0.05) is 45.4 Å². The Labute approximate surface area is 157 Å². The molecule has 146 valence electrons. The smallest absolute Gasteiger partial charge is 0.229 e. The lowest BCUT2D eigenvalue weighted by molar-refractivity contribution is -0.172. The van der Waals surface area contributed by atoms with Gasteiger partial charge in [-0.05, 0) is 37.1 Å². The highest BCUT2D eigenvalue weighted by Gasteiger charge is 2.38. The van der Waals surface area contributed by atoms with Crippen LogP contribution in [0.15, 0.2) is 18.2 Å². The SMILES string of the molecule is CCCCCCCCCC1(CC(=O)Nc2ccc(O)cc2C)OCCO1. The number of nitrogens with one attached hydrogen (secondary N) is 1. The molecule has 1 fully saturated rings. The monoisotopic (exact) mass is 363 g/mol. The Balaban J connectivity index is 1.79. The number of anilines is 1. The average Bonchev–Trinajstić information content (AvgIpc) is 3.05. The lowest BCUT2D eigenvalue weighted by Crippen LogP contribution is -2.35. The van der Waals surface area contributed by atoms with Crippen LogP contribution in [-0.4, -0.2) is 30.0 Å². The van der Waals surface area contributed by atoms with E-state index in [2.05, 4.69) is 12.2 Å². The Kier molecular flexibility index (Phi) is 8.39. The Morgan fingerprint density at radius 1 is 1.12 bits per heavy atom. The number of amides is 1. The van der Waals surface area contributed by atoms with Crippen molar-refractivity contribution >= 4 is 11.6 Å². The van der Waals surface area contributed by atoms with Crippen LogP contribution in [0, 0.1) is 6.92 Å².